The van der Waals surface area contributed by atoms with Gasteiger partial charge in [-0.2, -0.15) is 0 Å². The van der Waals surface area contributed by atoms with Crippen LogP contribution in [0.15, 0.2) is 66.9 Å². The minimum absolute atomic E-state index is 0.171. The molecule has 1 heterocycles. The fraction of sp³-hybridized carbons (Fsp3) is 0.182. The maximum Gasteiger partial charge on any atom is 0.267 e. The summed E-state index contributed by atoms with van der Waals surface area (Å²) in [7, 11) is 0. The molecule has 0 fully saturated rings. The molecular formula is C22H21FN2O3. The van der Waals surface area contributed by atoms with Crippen molar-refractivity contribution >= 4 is 11.7 Å². The van der Waals surface area contributed by atoms with Crippen LogP contribution in [-0.2, 0) is 0 Å². The van der Waals surface area contributed by atoms with Crippen molar-refractivity contribution in [3.63, 3.8) is 0 Å². The number of aromatic amines is 1. The SMILES string of the molecule is CC(CC(O)c1ccc(F)cc1)NC(=O)c1cc(C(=O)c2ccccc2)c[nH]1. The van der Waals surface area contributed by atoms with Crippen LogP contribution in [0.3, 0.4) is 0 Å². The van der Waals surface area contributed by atoms with Gasteiger partial charge in [0.25, 0.3) is 5.91 Å². The topological polar surface area (TPSA) is 82.2 Å². The fourth-order valence-electron chi connectivity index (χ4n) is 2.93. The lowest BCUT2D eigenvalue weighted by molar-refractivity contribution is 0.0912. The van der Waals surface area contributed by atoms with E-state index in [1.807, 2.05) is 6.07 Å². The predicted molar refractivity (Wildman–Crippen MR) is 104 cm³/mol. The van der Waals surface area contributed by atoms with Crippen LogP contribution in [0.25, 0.3) is 0 Å². The minimum atomic E-state index is -0.824. The van der Waals surface area contributed by atoms with Crippen LogP contribution in [0, 0.1) is 5.82 Å². The largest absolute Gasteiger partial charge is 0.388 e. The Labute approximate surface area is 162 Å². The van der Waals surface area contributed by atoms with Gasteiger partial charge >= 0.3 is 0 Å². The molecule has 0 spiro atoms. The molecule has 2 aromatic carbocycles. The van der Waals surface area contributed by atoms with E-state index < -0.39 is 6.10 Å². The van der Waals surface area contributed by atoms with Crippen LogP contribution in [0.1, 0.15) is 51.4 Å². The Bertz CT molecular complexity index is 951. The number of carbonyl (C=O) groups excluding carboxylic acids is 2. The highest BCUT2D eigenvalue weighted by molar-refractivity contribution is 6.10. The molecule has 0 aliphatic heterocycles. The quantitative estimate of drug-likeness (QED) is 0.548. The summed E-state index contributed by atoms with van der Waals surface area (Å²) in [6, 6.07) is 15.6. The molecule has 3 rings (SSSR count). The molecule has 3 N–H and O–H groups in total. The van der Waals surface area contributed by atoms with Crippen LogP contribution in [-0.4, -0.2) is 27.8 Å². The smallest absolute Gasteiger partial charge is 0.267 e. The van der Waals surface area contributed by atoms with Gasteiger partial charge in [-0.3, -0.25) is 9.59 Å². The van der Waals surface area contributed by atoms with Gasteiger partial charge in [-0.1, -0.05) is 42.5 Å². The van der Waals surface area contributed by atoms with Gasteiger partial charge in [0.1, 0.15) is 11.5 Å². The number of ketones is 1. The van der Waals surface area contributed by atoms with Gasteiger partial charge in [-0.15, -0.1) is 0 Å². The summed E-state index contributed by atoms with van der Waals surface area (Å²) < 4.78 is 13.0. The zero-order valence-corrected chi connectivity index (χ0v) is 15.4. The van der Waals surface area contributed by atoms with Crippen LogP contribution in [0.2, 0.25) is 0 Å². The Kier molecular flexibility index (Phi) is 6.01. The molecule has 3 aromatic rings. The van der Waals surface area contributed by atoms with E-state index in [0.29, 0.717) is 16.7 Å². The number of amides is 1. The molecular weight excluding hydrogens is 359 g/mol. The van der Waals surface area contributed by atoms with Gasteiger partial charge in [0.2, 0.25) is 0 Å². The Balaban J connectivity index is 1.59. The normalized spacial score (nSPS) is 13.0. The molecule has 0 radical (unpaired) electrons. The maximum atomic E-state index is 13.0. The minimum Gasteiger partial charge on any atom is -0.388 e. The average Bonchev–Trinajstić information content (AvgIpc) is 3.19. The van der Waals surface area contributed by atoms with Crippen LogP contribution >= 0.6 is 0 Å². The number of H-pyrrole nitrogens is 1. The summed E-state index contributed by atoms with van der Waals surface area (Å²) in [5.74, 6) is -0.911. The molecule has 0 saturated heterocycles. The van der Waals surface area contributed by atoms with E-state index in [2.05, 4.69) is 10.3 Å². The van der Waals surface area contributed by atoms with E-state index >= 15 is 0 Å². The van der Waals surface area contributed by atoms with Crippen molar-refractivity contribution in [3.8, 4) is 0 Å². The van der Waals surface area contributed by atoms with Gasteiger partial charge in [-0.25, -0.2) is 4.39 Å². The van der Waals surface area contributed by atoms with Gasteiger partial charge in [-0.05, 0) is 37.1 Å². The lowest BCUT2D eigenvalue weighted by Gasteiger charge is -2.18. The van der Waals surface area contributed by atoms with Crippen LogP contribution in [0.4, 0.5) is 4.39 Å². The first-order chi connectivity index (χ1) is 13.4. The van der Waals surface area contributed by atoms with Gasteiger partial charge < -0.3 is 15.4 Å². The van der Waals surface area contributed by atoms with Crippen molar-refractivity contribution in [3.05, 3.63) is 95.1 Å². The number of hydrogen-bond acceptors (Lipinski definition) is 3. The standard InChI is InChI=1S/C22H21FN2O3/c1-14(11-20(26)15-7-9-18(23)10-8-15)25-22(28)19-12-17(13-24-19)21(27)16-5-3-2-4-6-16/h2-10,12-14,20,24,26H,11H2,1H3,(H,25,28). The van der Waals surface area contributed by atoms with Crippen molar-refractivity contribution in [2.75, 3.05) is 0 Å². The van der Waals surface area contributed by atoms with E-state index in [1.165, 1.54) is 36.5 Å². The monoisotopic (exact) mass is 380 g/mol. The highest BCUT2D eigenvalue weighted by Crippen LogP contribution is 2.19. The fourth-order valence-corrected chi connectivity index (χ4v) is 2.93. The summed E-state index contributed by atoms with van der Waals surface area (Å²) in [4.78, 5) is 27.6. The average molecular weight is 380 g/mol. The molecule has 2 atom stereocenters. The Morgan fingerprint density at radius 1 is 1.07 bits per heavy atom. The summed E-state index contributed by atoms with van der Waals surface area (Å²) >= 11 is 0. The zero-order valence-electron chi connectivity index (χ0n) is 15.4. The second-order valence-electron chi connectivity index (χ2n) is 6.67. The van der Waals surface area contributed by atoms with Gasteiger partial charge in [0.05, 0.1) is 6.10 Å². The molecule has 0 aliphatic rings. The number of rotatable bonds is 7. The molecule has 0 saturated carbocycles. The number of aliphatic hydroxyl groups is 1. The summed E-state index contributed by atoms with van der Waals surface area (Å²) in [5.41, 5.74) is 1.79. The molecule has 1 amide bonds. The first kappa shape index (κ1) is 19.5. The van der Waals surface area contributed by atoms with Crippen molar-refractivity contribution < 1.29 is 19.1 Å². The van der Waals surface area contributed by atoms with E-state index in [1.54, 1.807) is 31.2 Å². The number of aliphatic hydroxyl groups excluding tert-OH is 1. The molecule has 5 nitrogen and oxygen atoms in total. The third-order valence-corrected chi connectivity index (χ3v) is 4.43. The number of carbonyl (C=O) groups is 2. The Morgan fingerprint density at radius 3 is 2.43 bits per heavy atom. The first-order valence-corrected chi connectivity index (χ1v) is 8.96. The van der Waals surface area contributed by atoms with E-state index in [-0.39, 0.29) is 35.7 Å². The first-order valence-electron chi connectivity index (χ1n) is 8.96. The molecule has 2 unspecified atom stereocenters. The molecule has 28 heavy (non-hydrogen) atoms. The van der Waals surface area contributed by atoms with Crippen molar-refractivity contribution in [2.45, 2.75) is 25.5 Å². The van der Waals surface area contributed by atoms with E-state index in [4.69, 9.17) is 0 Å². The summed E-state index contributed by atoms with van der Waals surface area (Å²) in [6.07, 6.45) is 0.950. The number of halogens is 1. The lowest BCUT2D eigenvalue weighted by Crippen LogP contribution is -2.34. The molecule has 6 heteroatoms. The lowest BCUT2D eigenvalue weighted by atomic mass is 10.0. The number of benzene rings is 2. The Hall–Kier alpha value is -3.25. The van der Waals surface area contributed by atoms with Gasteiger partial charge in [0.15, 0.2) is 5.78 Å². The molecule has 144 valence electrons. The second kappa shape index (κ2) is 8.63. The summed E-state index contributed by atoms with van der Waals surface area (Å²) in [5, 5.41) is 13.0. The molecule has 1 aromatic heterocycles. The number of nitrogens with one attached hydrogen (secondary N) is 2. The number of hydrogen-bond donors (Lipinski definition) is 3. The predicted octanol–water partition coefficient (Wildman–Crippen LogP) is 3.63. The third-order valence-electron chi connectivity index (χ3n) is 4.43. The highest BCUT2D eigenvalue weighted by Gasteiger charge is 2.18. The van der Waals surface area contributed by atoms with Crippen LogP contribution < -0.4 is 5.32 Å². The molecule has 0 bridgehead atoms. The van der Waals surface area contributed by atoms with Gasteiger partial charge in [0, 0.05) is 23.4 Å². The maximum absolute atomic E-state index is 13.0. The van der Waals surface area contributed by atoms with E-state index in [9.17, 15) is 19.1 Å². The van der Waals surface area contributed by atoms with Crippen molar-refractivity contribution in [1.82, 2.24) is 10.3 Å². The van der Waals surface area contributed by atoms with Crippen LogP contribution in [0.5, 0.6) is 0 Å². The zero-order chi connectivity index (χ0) is 20.1. The highest BCUT2D eigenvalue weighted by atomic mass is 19.1. The summed E-state index contributed by atoms with van der Waals surface area (Å²) in [6.45, 7) is 1.77. The third kappa shape index (κ3) is 4.72. The van der Waals surface area contributed by atoms with E-state index in [0.717, 1.165) is 0 Å². The second-order valence-corrected chi connectivity index (χ2v) is 6.67. The van der Waals surface area contributed by atoms with Crippen molar-refractivity contribution in [1.29, 1.82) is 0 Å². The van der Waals surface area contributed by atoms with Crippen molar-refractivity contribution in [2.24, 2.45) is 0 Å². The number of aromatic nitrogens is 1. The Morgan fingerprint density at radius 2 is 1.75 bits per heavy atom. The molecule has 0 aliphatic carbocycles.